The van der Waals surface area contributed by atoms with Crippen molar-refractivity contribution in [2.75, 3.05) is 6.54 Å². The van der Waals surface area contributed by atoms with Crippen molar-refractivity contribution in [2.45, 2.75) is 19.3 Å². The maximum atomic E-state index is 15.2. The van der Waals surface area contributed by atoms with Crippen molar-refractivity contribution in [3.63, 3.8) is 0 Å². The third-order valence-electron chi connectivity index (χ3n) is 4.70. The van der Waals surface area contributed by atoms with Crippen molar-refractivity contribution >= 4 is 34.9 Å². The van der Waals surface area contributed by atoms with Gasteiger partial charge in [0.1, 0.15) is 5.75 Å². The Hall–Kier alpha value is -3.48. The number of ether oxygens (including phenoxy) is 1. The maximum Gasteiger partial charge on any atom is 0.227 e. The molecule has 3 aromatic rings. The molecule has 32 heavy (non-hydrogen) atoms. The van der Waals surface area contributed by atoms with E-state index in [2.05, 4.69) is 20.2 Å². The van der Waals surface area contributed by atoms with Crippen molar-refractivity contribution in [3.05, 3.63) is 69.1 Å². The van der Waals surface area contributed by atoms with Gasteiger partial charge in [-0.05, 0) is 31.2 Å². The third-order valence-corrected chi connectivity index (χ3v) is 5.22. The molecule has 0 saturated heterocycles. The van der Waals surface area contributed by atoms with Crippen LogP contribution in [0.3, 0.4) is 0 Å². The van der Waals surface area contributed by atoms with E-state index in [-0.39, 0.29) is 56.9 Å². The summed E-state index contributed by atoms with van der Waals surface area (Å²) < 4.78 is 26.5. The molecule has 1 atom stereocenters. The molecule has 0 aliphatic carbocycles. The van der Waals surface area contributed by atoms with Crippen LogP contribution in [0.15, 0.2) is 44.7 Å². The molecule has 162 valence electrons. The van der Waals surface area contributed by atoms with Gasteiger partial charge < -0.3 is 14.9 Å². The average Bonchev–Trinajstić information content (AvgIpc) is 3.21. The number of nitriles is 1. The van der Waals surface area contributed by atoms with E-state index in [4.69, 9.17) is 43.4 Å². The van der Waals surface area contributed by atoms with Gasteiger partial charge in [0.15, 0.2) is 11.6 Å². The molecule has 2 N–H and O–H groups in total. The van der Waals surface area contributed by atoms with Gasteiger partial charge in [-0.15, -0.1) is 10.2 Å². The van der Waals surface area contributed by atoms with Crippen LogP contribution in [-0.2, 0) is 6.42 Å². The summed E-state index contributed by atoms with van der Waals surface area (Å²) in [5.41, 5.74) is 6.82. The lowest BCUT2D eigenvalue weighted by Gasteiger charge is -2.14. The van der Waals surface area contributed by atoms with Crippen molar-refractivity contribution in [1.29, 1.82) is 5.26 Å². The molecule has 1 aliphatic heterocycles. The van der Waals surface area contributed by atoms with Gasteiger partial charge in [-0.1, -0.05) is 29.3 Å². The molecule has 0 saturated carbocycles. The van der Waals surface area contributed by atoms with Crippen LogP contribution >= 0.6 is 23.2 Å². The molecule has 0 bridgehead atoms. The molecule has 0 amide bonds. The minimum absolute atomic E-state index is 0.0136. The number of nitrogens with zero attached hydrogens (tertiary/aromatic N) is 5. The number of aromatic nitrogens is 2. The van der Waals surface area contributed by atoms with Gasteiger partial charge in [-0.2, -0.15) is 5.26 Å². The van der Waals surface area contributed by atoms with Crippen LogP contribution in [0.5, 0.6) is 11.5 Å². The SMILES string of the molecule is CC1=NC(N)=NCC1c1nnc(Cc2ccc(Cl)c(Oc3cc(Cl)cc(C#N)c3)c2F)o1. The second kappa shape index (κ2) is 8.94. The highest BCUT2D eigenvalue weighted by atomic mass is 35.5. The van der Waals surface area contributed by atoms with Gasteiger partial charge in [0.2, 0.25) is 17.7 Å². The second-order valence-electron chi connectivity index (χ2n) is 6.95. The molecular weight excluding hydrogens is 458 g/mol. The fraction of sp³-hybridized carbons (Fsp3) is 0.190. The summed E-state index contributed by atoms with van der Waals surface area (Å²) in [7, 11) is 0. The van der Waals surface area contributed by atoms with Crippen LogP contribution in [0, 0.1) is 17.1 Å². The van der Waals surface area contributed by atoms with Crippen molar-refractivity contribution in [2.24, 2.45) is 15.7 Å². The lowest BCUT2D eigenvalue weighted by Crippen LogP contribution is -2.24. The van der Waals surface area contributed by atoms with Crippen LogP contribution in [0.4, 0.5) is 4.39 Å². The number of benzene rings is 2. The quantitative estimate of drug-likeness (QED) is 0.576. The van der Waals surface area contributed by atoms with Gasteiger partial charge in [0.05, 0.1) is 35.5 Å². The zero-order chi connectivity index (χ0) is 22.8. The molecule has 8 nitrogen and oxygen atoms in total. The van der Waals surface area contributed by atoms with E-state index >= 15 is 4.39 Å². The normalized spacial score (nSPS) is 15.7. The van der Waals surface area contributed by atoms with E-state index in [0.29, 0.717) is 18.1 Å². The molecule has 2 aromatic carbocycles. The topological polar surface area (TPSA) is 123 Å². The standard InChI is InChI=1S/C21H15Cl2FN6O2/c1-10-15(9-27-21(26)28-10)20-30-29-17(32-20)6-12-2-3-16(23)19(18(12)24)31-14-5-11(8-25)4-13(22)7-14/h2-5,7,15H,6,9H2,1H3,(H2,26,27). The number of hydrogen-bond donors (Lipinski definition) is 1. The van der Waals surface area contributed by atoms with Crippen molar-refractivity contribution in [1.82, 2.24) is 10.2 Å². The van der Waals surface area contributed by atoms with Crippen molar-refractivity contribution in [3.8, 4) is 17.6 Å². The molecule has 0 spiro atoms. The van der Waals surface area contributed by atoms with Gasteiger partial charge in [0, 0.05) is 16.3 Å². The highest BCUT2D eigenvalue weighted by Crippen LogP contribution is 2.36. The zero-order valence-electron chi connectivity index (χ0n) is 16.6. The minimum Gasteiger partial charge on any atom is -0.453 e. The third kappa shape index (κ3) is 4.56. The lowest BCUT2D eigenvalue weighted by molar-refractivity contribution is 0.430. The molecule has 11 heteroatoms. The summed E-state index contributed by atoms with van der Waals surface area (Å²) in [5.74, 6) is -0.258. The van der Waals surface area contributed by atoms with E-state index < -0.39 is 5.82 Å². The number of halogens is 3. The van der Waals surface area contributed by atoms with E-state index in [1.807, 2.05) is 6.07 Å². The van der Waals surface area contributed by atoms with Gasteiger partial charge in [-0.3, -0.25) is 4.99 Å². The molecule has 4 rings (SSSR count). The minimum atomic E-state index is -0.691. The van der Waals surface area contributed by atoms with E-state index in [0.717, 1.165) is 0 Å². The van der Waals surface area contributed by atoms with Gasteiger partial charge in [-0.25, -0.2) is 9.38 Å². The van der Waals surface area contributed by atoms with E-state index in [1.54, 1.807) is 6.92 Å². The maximum absolute atomic E-state index is 15.2. The number of rotatable bonds is 5. The van der Waals surface area contributed by atoms with Crippen LogP contribution in [-0.4, -0.2) is 28.4 Å². The van der Waals surface area contributed by atoms with E-state index in [9.17, 15) is 0 Å². The number of aliphatic imine (C=N–C) groups is 2. The predicted molar refractivity (Wildman–Crippen MR) is 117 cm³/mol. The predicted octanol–water partition coefficient (Wildman–Crippen LogP) is 4.64. The molecule has 0 fully saturated rings. The molecular formula is C21H15Cl2FN6O2. The first kappa shape index (κ1) is 21.7. The Kier molecular flexibility index (Phi) is 6.08. The Labute approximate surface area is 192 Å². The Balaban J connectivity index is 1.58. The molecule has 2 heterocycles. The number of nitrogens with two attached hydrogens (primary N) is 1. The summed E-state index contributed by atoms with van der Waals surface area (Å²) in [6.07, 6.45) is 0.0136. The van der Waals surface area contributed by atoms with Gasteiger partial charge >= 0.3 is 0 Å². The zero-order valence-corrected chi connectivity index (χ0v) is 18.2. The summed E-state index contributed by atoms with van der Waals surface area (Å²) in [6.45, 7) is 2.15. The van der Waals surface area contributed by atoms with Crippen LogP contribution in [0.25, 0.3) is 0 Å². The first-order valence-corrected chi connectivity index (χ1v) is 10.1. The number of hydrogen-bond acceptors (Lipinski definition) is 8. The van der Waals surface area contributed by atoms with Crippen LogP contribution in [0.2, 0.25) is 10.0 Å². The lowest BCUT2D eigenvalue weighted by atomic mass is 10.0. The first-order chi connectivity index (χ1) is 15.3. The first-order valence-electron chi connectivity index (χ1n) is 9.37. The summed E-state index contributed by atoms with van der Waals surface area (Å²) in [6, 6.07) is 9.32. The largest absolute Gasteiger partial charge is 0.453 e. The molecule has 0 radical (unpaired) electrons. The molecule has 1 aromatic heterocycles. The molecule has 1 unspecified atom stereocenters. The van der Waals surface area contributed by atoms with Crippen molar-refractivity contribution < 1.29 is 13.5 Å². The Bertz CT molecular complexity index is 1300. The Morgan fingerprint density at radius 2 is 2.09 bits per heavy atom. The summed E-state index contributed by atoms with van der Waals surface area (Å²) in [4.78, 5) is 8.21. The Morgan fingerprint density at radius 1 is 1.28 bits per heavy atom. The average molecular weight is 473 g/mol. The van der Waals surface area contributed by atoms with Gasteiger partial charge in [0.25, 0.3) is 0 Å². The van der Waals surface area contributed by atoms with E-state index in [1.165, 1.54) is 30.3 Å². The fourth-order valence-electron chi connectivity index (χ4n) is 3.12. The summed E-state index contributed by atoms with van der Waals surface area (Å²) in [5, 5.41) is 17.5. The fourth-order valence-corrected chi connectivity index (χ4v) is 3.53. The monoisotopic (exact) mass is 472 g/mol. The second-order valence-corrected chi connectivity index (χ2v) is 7.80. The van der Waals surface area contributed by atoms with Crippen LogP contribution in [0.1, 0.15) is 35.7 Å². The molecule has 1 aliphatic rings. The van der Waals surface area contributed by atoms with Crippen LogP contribution < -0.4 is 10.5 Å². The smallest absolute Gasteiger partial charge is 0.227 e. The summed E-state index contributed by atoms with van der Waals surface area (Å²) >= 11 is 12.1. The Morgan fingerprint density at radius 3 is 2.84 bits per heavy atom. The highest BCUT2D eigenvalue weighted by Gasteiger charge is 2.25. The number of guanidine groups is 1. The highest BCUT2D eigenvalue weighted by molar-refractivity contribution is 6.32.